The number of primary amides is 1. The quantitative estimate of drug-likeness (QED) is 0.829. The average Bonchev–Trinajstić information content (AvgIpc) is 2.37. The fraction of sp³-hybridized carbons (Fsp3) is 0.154. The lowest BCUT2D eigenvalue weighted by Gasteiger charge is -2.07. The van der Waals surface area contributed by atoms with Gasteiger partial charge in [-0.1, -0.05) is 6.07 Å². The normalized spacial score (nSPS) is 10.3. The van der Waals surface area contributed by atoms with E-state index in [1.54, 1.807) is 31.3 Å². The maximum atomic E-state index is 11.8. The molecule has 0 unspecified atom stereocenters. The lowest BCUT2D eigenvalue weighted by molar-refractivity contribution is 0.0528. The zero-order chi connectivity index (χ0) is 13.1. The minimum atomic E-state index is -0.604. The fourth-order valence-corrected chi connectivity index (χ4v) is 1.70. The van der Waals surface area contributed by atoms with Gasteiger partial charge in [-0.25, -0.2) is 4.79 Å². The molecule has 0 aliphatic heterocycles. The van der Waals surface area contributed by atoms with Crippen molar-refractivity contribution in [3.05, 3.63) is 41.6 Å². The van der Waals surface area contributed by atoms with Crippen molar-refractivity contribution >= 4 is 22.8 Å². The van der Waals surface area contributed by atoms with E-state index in [1.165, 1.54) is 6.07 Å². The van der Waals surface area contributed by atoms with Crippen LogP contribution < -0.4 is 5.73 Å². The Labute approximate surface area is 104 Å². The molecule has 0 spiro atoms. The van der Waals surface area contributed by atoms with Crippen LogP contribution in [0.3, 0.4) is 0 Å². The molecule has 0 bridgehead atoms. The number of rotatable bonds is 3. The summed E-state index contributed by atoms with van der Waals surface area (Å²) in [6, 6.07) is 6.46. The van der Waals surface area contributed by atoms with Crippen LogP contribution in [0.25, 0.3) is 10.9 Å². The van der Waals surface area contributed by atoms with Crippen LogP contribution in [0.1, 0.15) is 27.6 Å². The van der Waals surface area contributed by atoms with Gasteiger partial charge in [-0.15, -0.1) is 0 Å². The number of aromatic nitrogens is 1. The van der Waals surface area contributed by atoms with E-state index in [9.17, 15) is 9.59 Å². The SMILES string of the molecule is CCOC(=O)c1cc(C(N)=O)cc2ncccc12. The number of ether oxygens (including phenoxy) is 1. The summed E-state index contributed by atoms with van der Waals surface area (Å²) in [5, 5.41) is 0.640. The molecule has 1 aromatic carbocycles. The third-order valence-electron chi connectivity index (χ3n) is 2.50. The Morgan fingerprint density at radius 2 is 2.17 bits per heavy atom. The van der Waals surface area contributed by atoms with Crippen molar-refractivity contribution in [3.63, 3.8) is 0 Å². The number of carbonyl (C=O) groups is 2. The van der Waals surface area contributed by atoms with Crippen LogP contribution in [0.2, 0.25) is 0 Å². The Morgan fingerprint density at radius 1 is 1.39 bits per heavy atom. The predicted molar refractivity (Wildman–Crippen MR) is 66.2 cm³/mol. The standard InChI is InChI=1S/C13H12N2O3/c1-2-18-13(17)10-6-8(12(14)16)7-11-9(10)4-3-5-15-11/h3-7H,2H2,1H3,(H2,14,16). The molecule has 1 heterocycles. The van der Waals surface area contributed by atoms with Crippen LogP contribution >= 0.6 is 0 Å². The van der Waals surface area contributed by atoms with Crippen LogP contribution in [0.15, 0.2) is 30.5 Å². The van der Waals surface area contributed by atoms with Gasteiger partial charge in [0.05, 0.1) is 17.7 Å². The molecule has 0 aliphatic rings. The maximum absolute atomic E-state index is 11.8. The zero-order valence-corrected chi connectivity index (χ0v) is 9.84. The van der Waals surface area contributed by atoms with Gasteiger partial charge in [0, 0.05) is 17.1 Å². The smallest absolute Gasteiger partial charge is 0.338 e. The van der Waals surface area contributed by atoms with E-state index in [0.29, 0.717) is 16.5 Å². The van der Waals surface area contributed by atoms with Crippen molar-refractivity contribution in [2.45, 2.75) is 6.92 Å². The number of hydrogen-bond acceptors (Lipinski definition) is 4. The van der Waals surface area contributed by atoms with Crippen LogP contribution in [0.5, 0.6) is 0 Å². The summed E-state index contributed by atoms with van der Waals surface area (Å²) in [5.41, 5.74) is 6.31. The molecule has 0 radical (unpaired) electrons. The third kappa shape index (κ3) is 2.15. The van der Waals surface area contributed by atoms with E-state index >= 15 is 0 Å². The average molecular weight is 244 g/mol. The van der Waals surface area contributed by atoms with Crippen molar-refractivity contribution in [3.8, 4) is 0 Å². The molecule has 0 atom stereocenters. The second-order valence-electron chi connectivity index (χ2n) is 3.68. The van der Waals surface area contributed by atoms with E-state index < -0.39 is 11.9 Å². The molecular weight excluding hydrogens is 232 g/mol. The van der Waals surface area contributed by atoms with Gasteiger partial charge in [0.25, 0.3) is 0 Å². The summed E-state index contributed by atoms with van der Waals surface area (Å²) in [4.78, 5) is 27.2. The number of pyridine rings is 1. The first-order valence-corrected chi connectivity index (χ1v) is 5.49. The van der Waals surface area contributed by atoms with Gasteiger partial charge in [0.1, 0.15) is 0 Å². The largest absolute Gasteiger partial charge is 0.462 e. The van der Waals surface area contributed by atoms with E-state index in [-0.39, 0.29) is 12.2 Å². The molecule has 0 aliphatic carbocycles. The first-order valence-electron chi connectivity index (χ1n) is 5.49. The van der Waals surface area contributed by atoms with Gasteiger partial charge in [0.2, 0.25) is 5.91 Å². The first kappa shape index (κ1) is 12.0. The van der Waals surface area contributed by atoms with Gasteiger partial charge in [-0.05, 0) is 25.1 Å². The summed E-state index contributed by atoms with van der Waals surface area (Å²) in [7, 11) is 0. The number of nitrogens with two attached hydrogens (primary N) is 1. The Balaban J connectivity index is 2.68. The van der Waals surface area contributed by atoms with Gasteiger partial charge in [-0.2, -0.15) is 0 Å². The Hall–Kier alpha value is -2.43. The maximum Gasteiger partial charge on any atom is 0.338 e. The highest BCUT2D eigenvalue weighted by atomic mass is 16.5. The van der Waals surface area contributed by atoms with Gasteiger partial charge >= 0.3 is 5.97 Å². The number of amides is 1. The van der Waals surface area contributed by atoms with E-state index in [2.05, 4.69) is 4.98 Å². The highest BCUT2D eigenvalue weighted by Gasteiger charge is 2.15. The Kier molecular flexibility index (Phi) is 3.23. The summed E-state index contributed by atoms with van der Waals surface area (Å²) >= 11 is 0. The van der Waals surface area contributed by atoms with Crippen molar-refractivity contribution in [2.24, 2.45) is 5.73 Å². The van der Waals surface area contributed by atoms with Crippen molar-refractivity contribution < 1.29 is 14.3 Å². The van der Waals surface area contributed by atoms with Gasteiger partial charge in [-0.3, -0.25) is 9.78 Å². The Morgan fingerprint density at radius 3 is 2.83 bits per heavy atom. The minimum absolute atomic E-state index is 0.240. The summed E-state index contributed by atoms with van der Waals surface area (Å²) in [5.74, 6) is -1.09. The molecule has 0 saturated carbocycles. The zero-order valence-electron chi connectivity index (χ0n) is 9.84. The lowest BCUT2D eigenvalue weighted by atomic mass is 10.0. The molecule has 18 heavy (non-hydrogen) atoms. The van der Waals surface area contributed by atoms with Crippen molar-refractivity contribution in [1.82, 2.24) is 4.98 Å². The summed E-state index contributed by atoms with van der Waals surface area (Å²) in [6.07, 6.45) is 1.59. The molecule has 5 heteroatoms. The van der Waals surface area contributed by atoms with E-state index in [4.69, 9.17) is 10.5 Å². The fourth-order valence-electron chi connectivity index (χ4n) is 1.70. The summed E-state index contributed by atoms with van der Waals surface area (Å²) < 4.78 is 4.95. The second kappa shape index (κ2) is 4.83. The molecule has 1 amide bonds. The lowest BCUT2D eigenvalue weighted by Crippen LogP contribution is -2.13. The molecule has 0 fully saturated rings. The van der Waals surface area contributed by atoms with Crippen LogP contribution in [0.4, 0.5) is 0 Å². The highest BCUT2D eigenvalue weighted by Crippen LogP contribution is 2.20. The highest BCUT2D eigenvalue weighted by molar-refractivity contribution is 6.07. The monoisotopic (exact) mass is 244 g/mol. The topological polar surface area (TPSA) is 82.3 Å². The van der Waals surface area contributed by atoms with Gasteiger partial charge in [0.15, 0.2) is 0 Å². The third-order valence-corrected chi connectivity index (χ3v) is 2.50. The summed E-state index contributed by atoms with van der Waals surface area (Å²) in [6.45, 7) is 1.98. The Bertz CT molecular complexity index is 623. The molecule has 92 valence electrons. The van der Waals surface area contributed by atoms with Crippen LogP contribution in [-0.2, 0) is 4.74 Å². The van der Waals surface area contributed by atoms with E-state index in [0.717, 1.165) is 0 Å². The van der Waals surface area contributed by atoms with Gasteiger partial charge < -0.3 is 10.5 Å². The molecule has 1 aromatic heterocycles. The number of nitrogens with zero attached hydrogens (tertiary/aromatic N) is 1. The number of esters is 1. The van der Waals surface area contributed by atoms with Crippen LogP contribution in [-0.4, -0.2) is 23.5 Å². The van der Waals surface area contributed by atoms with Crippen molar-refractivity contribution in [1.29, 1.82) is 0 Å². The molecule has 2 aromatic rings. The number of fused-ring (bicyclic) bond motifs is 1. The number of hydrogen-bond donors (Lipinski definition) is 1. The van der Waals surface area contributed by atoms with Crippen molar-refractivity contribution in [2.75, 3.05) is 6.61 Å². The first-order chi connectivity index (χ1) is 8.63. The number of benzene rings is 1. The van der Waals surface area contributed by atoms with E-state index in [1.807, 2.05) is 0 Å². The molecule has 5 nitrogen and oxygen atoms in total. The molecule has 2 rings (SSSR count). The second-order valence-corrected chi connectivity index (χ2v) is 3.68. The van der Waals surface area contributed by atoms with Crippen LogP contribution in [0, 0.1) is 0 Å². The predicted octanol–water partition coefficient (Wildman–Crippen LogP) is 1.51. The molecular formula is C13H12N2O3. The number of carbonyl (C=O) groups excluding carboxylic acids is 2. The molecule has 2 N–H and O–H groups in total. The minimum Gasteiger partial charge on any atom is -0.462 e. The molecule has 0 saturated heterocycles.